The highest BCUT2D eigenvalue weighted by Gasteiger charge is 2.22. The van der Waals surface area contributed by atoms with Gasteiger partial charge in [-0.1, -0.05) is 12.1 Å². The van der Waals surface area contributed by atoms with Crippen LogP contribution in [0.3, 0.4) is 0 Å². The Balaban J connectivity index is 2.37. The fourth-order valence-electron chi connectivity index (χ4n) is 1.71. The van der Waals surface area contributed by atoms with Gasteiger partial charge in [0.15, 0.2) is 5.84 Å². The molecule has 1 amide bonds. The fraction of sp³-hybridized carbons (Fsp3) is 0.800. The topological polar surface area (TPSA) is 87.7 Å². The summed E-state index contributed by atoms with van der Waals surface area (Å²) in [7, 11) is 0. The summed E-state index contributed by atoms with van der Waals surface area (Å²) in [5.41, 5.74) is 5.45. The molecular formula is C10H19N3O2S. The minimum Gasteiger partial charge on any atom is -0.409 e. The quantitative estimate of drug-likeness (QED) is 0.287. The van der Waals surface area contributed by atoms with E-state index in [1.165, 1.54) is 5.75 Å². The summed E-state index contributed by atoms with van der Waals surface area (Å²) >= 11 is 1.92. The zero-order valence-corrected chi connectivity index (χ0v) is 10.3. The number of carbonyl (C=O) groups is 1. The molecule has 1 rings (SSSR count). The van der Waals surface area contributed by atoms with Gasteiger partial charge in [0, 0.05) is 6.54 Å². The van der Waals surface area contributed by atoms with Crippen LogP contribution in [0.1, 0.15) is 19.8 Å². The molecule has 2 unspecified atom stereocenters. The van der Waals surface area contributed by atoms with E-state index < -0.39 is 5.92 Å². The van der Waals surface area contributed by atoms with E-state index in [1.54, 1.807) is 0 Å². The van der Waals surface area contributed by atoms with E-state index >= 15 is 0 Å². The Morgan fingerprint density at radius 1 is 1.75 bits per heavy atom. The first-order valence-corrected chi connectivity index (χ1v) is 6.67. The third kappa shape index (κ3) is 3.59. The predicted molar refractivity (Wildman–Crippen MR) is 65.6 cm³/mol. The maximum absolute atomic E-state index is 11.7. The number of nitrogens with one attached hydrogen (secondary N) is 1. The van der Waals surface area contributed by atoms with Crippen molar-refractivity contribution in [2.24, 2.45) is 22.7 Å². The van der Waals surface area contributed by atoms with E-state index in [9.17, 15) is 4.79 Å². The van der Waals surface area contributed by atoms with Crippen LogP contribution < -0.4 is 11.1 Å². The molecule has 0 spiro atoms. The molecule has 2 atom stereocenters. The average molecular weight is 245 g/mol. The molecule has 16 heavy (non-hydrogen) atoms. The summed E-state index contributed by atoms with van der Waals surface area (Å²) in [5.74, 6) is 2.19. The second-order valence-corrected chi connectivity index (χ2v) is 5.11. The zero-order chi connectivity index (χ0) is 12.0. The number of hydrogen-bond acceptors (Lipinski definition) is 4. The van der Waals surface area contributed by atoms with Crippen molar-refractivity contribution in [3.63, 3.8) is 0 Å². The molecule has 0 aliphatic carbocycles. The van der Waals surface area contributed by atoms with Crippen LogP contribution in [0.15, 0.2) is 5.16 Å². The summed E-state index contributed by atoms with van der Waals surface area (Å²) < 4.78 is 0. The first kappa shape index (κ1) is 13.2. The van der Waals surface area contributed by atoms with Crippen molar-refractivity contribution in [3.05, 3.63) is 0 Å². The van der Waals surface area contributed by atoms with Crippen molar-refractivity contribution in [2.75, 3.05) is 18.1 Å². The number of carbonyl (C=O) groups excluding carboxylic acids is 1. The van der Waals surface area contributed by atoms with Crippen molar-refractivity contribution >= 4 is 23.5 Å². The molecule has 0 bridgehead atoms. The number of nitrogens with zero attached hydrogens (tertiary/aromatic N) is 1. The molecule has 0 aromatic heterocycles. The normalized spacial score (nSPS) is 23.1. The molecule has 1 heterocycles. The number of rotatable bonds is 5. The van der Waals surface area contributed by atoms with Gasteiger partial charge in [0.2, 0.25) is 5.91 Å². The van der Waals surface area contributed by atoms with Crippen molar-refractivity contribution in [1.82, 2.24) is 5.32 Å². The van der Waals surface area contributed by atoms with Gasteiger partial charge in [-0.3, -0.25) is 4.79 Å². The number of oxime groups is 1. The predicted octanol–water partition coefficient (Wildman–Crippen LogP) is 0.628. The Morgan fingerprint density at radius 2 is 2.50 bits per heavy atom. The Morgan fingerprint density at radius 3 is 3.00 bits per heavy atom. The molecule has 4 N–H and O–H groups in total. The van der Waals surface area contributed by atoms with Crippen LogP contribution in [0, 0.1) is 11.8 Å². The molecule has 5 nitrogen and oxygen atoms in total. The van der Waals surface area contributed by atoms with Gasteiger partial charge in [0.25, 0.3) is 0 Å². The summed E-state index contributed by atoms with van der Waals surface area (Å²) in [4.78, 5) is 11.7. The van der Waals surface area contributed by atoms with E-state index in [-0.39, 0.29) is 11.7 Å². The number of amidine groups is 1. The van der Waals surface area contributed by atoms with Gasteiger partial charge < -0.3 is 16.3 Å². The van der Waals surface area contributed by atoms with Gasteiger partial charge in [0.1, 0.15) is 0 Å². The van der Waals surface area contributed by atoms with E-state index in [4.69, 9.17) is 10.9 Å². The highest BCUT2D eigenvalue weighted by atomic mass is 32.2. The van der Waals surface area contributed by atoms with Gasteiger partial charge in [-0.25, -0.2) is 0 Å². The Labute approximate surface area is 99.8 Å². The number of nitrogens with two attached hydrogens (primary N) is 1. The smallest absolute Gasteiger partial charge is 0.230 e. The van der Waals surface area contributed by atoms with Crippen molar-refractivity contribution in [2.45, 2.75) is 19.8 Å². The lowest BCUT2D eigenvalue weighted by Gasteiger charge is -2.15. The summed E-state index contributed by atoms with van der Waals surface area (Å²) in [6.45, 7) is 2.54. The Kier molecular flexibility index (Phi) is 5.45. The summed E-state index contributed by atoms with van der Waals surface area (Å²) in [6.07, 6.45) is 1.70. The molecule has 0 aromatic carbocycles. The molecule has 1 saturated heterocycles. The van der Waals surface area contributed by atoms with Gasteiger partial charge >= 0.3 is 0 Å². The van der Waals surface area contributed by atoms with Crippen LogP contribution >= 0.6 is 11.8 Å². The molecule has 1 fully saturated rings. The maximum Gasteiger partial charge on any atom is 0.230 e. The van der Waals surface area contributed by atoms with Gasteiger partial charge in [0.05, 0.1) is 5.92 Å². The van der Waals surface area contributed by atoms with Crippen LogP contribution in [0.4, 0.5) is 0 Å². The van der Waals surface area contributed by atoms with Crippen molar-refractivity contribution < 1.29 is 10.0 Å². The van der Waals surface area contributed by atoms with Crippen LogP contribution in [0.2, 0.25) is 0 Å². The minimum atomic E-state index is -0.515. The van der Waals surface area contributed by atoms with E-state index in [0.717, 1.165) is 12.2 Å². The highest BCUT2D eigenvalue weighted by molar-refractivity contribution is 7.99. The molecule has 92 valence electrons. The summed E-state index contributed by atoms with van der Waals surface area (Å²) in [6, 6.07) is 0. The zero-order valence-electron chi connectivity index (χ0n) is 9.48. The van der Waals surface area contributed by atoms with Crippen LogP contribution in [0.5, 0.6) is 0 Å². The average Bonchev–Trinajstić information content (AvgIpc) is 2.79. The van der Waals surface area contributed by atoms with Crippen LogP contribution in [-0.4, -0.2) is 35.0 Å². The van der Waals surface area contributed by atoms with Gasteiger partial charge in [-0.05, 0) is 30.3 Å². The molecule has 1 aliphatic heterocycles. The lowest BCUT2D eigenvalue weighted by molar-refractivity contribution is -0.123. The molecule has 6 heteroatoms. The third-order valence-electron chi connectivity index (χ3n) is 2.79. The van der Waals surface area contributed by atoms with Crippen LogP contribution in [0.25, 0.3) is 0 Å². The van der Waals surface area contributed by atoms with E-state index in [2.05, 4.69) is 10.5 Å². The number of amides is 1. The van der Waals surface area contributed by atoms with E-state index in [0.29, 0.717) is 18.9 Å². The Bertz CT molecular complexity index is 265. The first-order valence-electron chi connectivity index (χ1n) is 5.51. The molecular weight excluding hydrogens is 226 g/mol. The number of hydrogen-bond donors (Lipinski definition) is 3. The third-order valence-corrected chi connectivity index (χ3v) is 4.02. The lowest BCUT2D eigenvalue weighted by atomic mass is 10.0. The SMILES string of the molecule is CCC(C(=O)NCC1CCSC1)C(N)=NO. The molecule has 1 aliphatic rings. The maximum atomic E-state index is 11.7. The minimum absolute atomic E-state index is 0.0132. The first-order chi connectivity index (χ1) is 7.69. The van der Waals surface area contributed by atoms with Gasteiger partial charge in [-0.2, -0.15) is 11.8 Å². The highest BCUT2D eigenvalue weighted by Crippen LogP contribution is 2.22. The van der Waals surface area contributed by atoms with Gasteiger partial charge in [-0.15, -0.1) is 0 Å². The monoisotopic (exact) mass is 245 g/mol. The lowest BCUT2D eigenvalue weighted by Crippen LogP contribution is -2.40. The Hall–Kier alpha value is -0.910. The molecule has 0 radical (unpaired) electrons. The van der Waals surface area contributed by atoms with Crippen molar-refractivity contribution in [1.29, 1.82) is 0 Å². The molecule has 0 saturated carbocycles. The van der Waals surface area contributed by atoms with Crippen molar-refractivity contribution in [3.8, 4) is 0 Å². The van der Waals surface area contributed by atoms with Crippen LogP contribution in [-0.2, 0) is 4.79 Å². The molecule has 0 aromatic rings. The standard InChI is InChI=1S/C10H19N3O2S/c1-2-8(9(11)13-15)10(14)12-5-7-3-4-16-6-7/h7-8,15H,2-6H2,1H3,(H2,11,13)(H,12,14). The second kappa shape index (κ2) is 6.62. The fourth-order valence-corrected chi connectivity index (χ4v) is 3.00. The largest absolute Gasteiger partial charge is 0.409 e. The second-order valence-electron chi connectivity index (χ2n) is 3.96. The van der Waals surface area contributed by atoms with E-state index in [1.807, 2.05) is 18.7 Å². The number of thioether (sulfide) groups is 1. The summed E-state index contributed by atoms with van der Waals surface area (Å²) in [5, 5.41) is 14.3.